The predicted octanol–water partition coefficient (Wildman–Crippen LogP) is 5.58. The van der Waals surface area contributed by atoms with E-state index in [0.29, 0.717) is 27.7 Å². The summed E-state index contributed by atoms with van der Waals surface area (Å²) < 4.78 is 31.0. The summed E-state index contributed by atoms with van der Waals surface area (Å²) in [6, 6.07) is 19.4. The highest BCUT2D eigenvalue weighted by molar-refractivity contribution is 7.92. The maximum Gasteiger partial charge on any atom is 0.257 e. The Hall–Kier alpha value is -3.17. The van der Waals surface area contributed by atoms with Crippen molar-refractivity contribution in [1.82, 2.24) is 4.98 Å². The molecular formula is C25H19Cl2N3O4S. The van der Waals surface area contributed by atoms with Gasteiger partial charge in [0, 0.05) is 22.8 Å². The van der Waals surface area contributed by atoms with Crippen LogP contribution in [0.4, 0.5) is 11.4 Å². The largest absolute Gasteiger partial charge is 0.359 e. The lowest BCUT2D eigenvalue weighted by atomic mass is 10.0. The molecule has 0 radical (unpaired) electrons. The smallest absolute Gasteiger partial charge is 0.257 e. The third kappa shape index (κ3) is 4.70. The van der Waals surface area contributed by atoms with Crippen LogP contribution >= 0.6 is 23.2 Å². The fraction of sp³-hybridized carbons (Fsp3) is 0.120. The fourth-order valence-corrected chi connectivity index (χ4v) is 5.58. The maximum absolute atomic E-state index is 13.0. The third-order valence-electron chi connectivity index (χ3n) is 5.67. The van der Waals surface area contributed by atoms with Crippen LogP contribution in [0.5, 0.6) is 0 Å². The average molecular weight is 528 g/mol. The number of carbonyl (C=O) groups excluding carboxylic acids is 1. The first kappa shape index (κ1) is 23.6. The molecule has 3 aromatic carbocycles. The first-order valence-electron chi connectivity index (χ1n) is 10.7. The Bertz CT molecular complexity index is 1550. The number of nitrogens with one attached hydrogen (secondary N) is 1. The zero-order valence-electron chi connectivity index (χ0n) is 18.2. The Labute approximate surface area is 212 Å². The molecule has 1 N–H and O–H groups in total. The number of hydrogen-bond donors (Lipinski definition) is 1. The van der Waals surface area contributed by atoms with Crippen LogP contribution in [0.15, 0.2) is 72.9 Å². The van der Waals surface area contributed by atoms with Crippen LogP contribution in [0.3, 0.4) is 0 Å². The van der Waals surface area contributed by atoms with Crippen molar-refractivity contribution in [2.24, 2.45) is 0 Å². The van der Waals surface area contributed by atoms with Crippen molar-refractivity contribution in [2.45, 2.75) is 0 Å². The number of ether oxygens (including phenoxy) is 1. The number of benzene rings is 3. The summed E-state index contributed by atoms with van der Waals surface area (Å²) in [5.41, 5.74) is 2.43. The Morgan fingerprint density at radius 1 is 1.00 bits per heavy atom. The van der Waals surface area contributed by atoms with Crippen molar-refractivity contribution in [3.63, 3.8) is 0 Å². The monoisotopic (exact) mass is 527 g/mol. The van der Waals surface area contributed by atoms with Crippen molar-refractivity contribution in [1.29, 1.82) is 0 Å². The Balaban J connectivity index is 1.43. The summed E-state index contributed by atoms with van der Waals surface area (Å²) in [5, 5.41) is 5.41. The quantitative estimate of drug-likeness (QED) is 0.374. The molecule has 1 amide bonds. The molecule has 0 unspecified atom stereocenters. The van der Waals surface area contributed by atoms with Gasteiger partial charge in [0.25, 0.3) is 5.91 Å². The first-order valence-corrected chi connectivity index (χ1v) is 13.0. The molecule has 4 aromatic rings. The van der Waals surface area contributed by atoms with Crippen molar-refractivity contribution in [3.8, 4) is 11.3 Å². The molecule has 35 heavy (non-hydrogen) atoms. The van der Waals surface area contributed by atoms with Gasteiger partial charge < -0.3 is 10.1 Å². The molecule has 7 nitrogen and oxygen atoms in total. The molecule has 1 fully saturated rings. The fourth-order valence-electron chi connectivity index (χ4n) is 3.90. The second kappa shape index (κ2) is 9.47. The normalized spacial score (nSPS) is 15.2. The molecule has 178 valence electrons. The van der Waals surface area contributed by atoms with E-state index in [4.69, 9.17) is 27.9 Å². The van der Waals surface area contributed by atoms with Gasteiger partial charge >= 0.3 is 0 Å². The van der Waals surface area contributed by atoms with Gasteiger partial charge in [0.05, 0.1) is 39.3 Å². The number of aromatic nitrogens is 1. The minimum absolute atomic E-state index is 0.0973. The second-order valence-corrected chi connectivity index (χ2v) is 10.7. The van der Waals surface area contributed by atoms with E-state index in [-0.39, 0.29) is 29.7 Å². The van der Waals surface area contributed by atoms with E-state index in [0.717, 1.165) is 15.1 Å². The van der Waals surface area contributed by atoms with Crippen molar-refractivity contribution >= 4 is 61.3 Å². The van der Waals surface area contributed by atoms with Gasteiger partial charge in [-0.2, -0.15) is 0 Å². The van der Waals surface area contributed by atoms with E-state index < -0.39 is 15.9 Å². The molecule has 0 spiro atoms. The van der Waals surface area contributed by atoms with Crippen molar-refractivity contribution in [3.05, 3.63) is 88.5 Å². The highest BCUT2D eigenvalue weighted by Gasteiger charge is 2.27. The zero-order chi connectivity index (χ0) is 24.6. The zero-order valence-corrected chi connectivity index (χ0v) is 20.6. The van der Waals surface area contributed by atoms with Crippen molar-refractivity contribution < 1.29 is 17.9 Å². The number of rotatable bonds is 4. The van der Waals surface area contributed by atoms with E-state index in [1.165, 1.54) is 18.2 Å². The van der Waals surface area contributed by atoms with E-state index in [1.54, 1.807) is 24.4 Å². The molecule has 0 saturated carbocycles. The van der Waals surface area contributed by atoms with E-state index >= 15 is 0 Å². The van der Waals surface area contributed by atoms with Gasteiger partial charge in [-0.3, -0.25) is 9.78 Å². The second-order valence-electron chi connectivity index (χ2n) is 7.90. The van der Waals surface area contributed by atoms with Crippen LogP contribution in [0, 0.1) is 0 Å². The summed E-state index contributed by atoms with van der Waals surface area (Å²) in [6.07, 6.45) is 1.72. The van der Waals surface area contributed by atoms with E-state index in [9.17, 15) is 13.2 Å². The standard InChI is InChI=1S/C25H19Cl2N3O4S/c26-22-8-5-17(13-21(22)24-19-4-2-1-3-16(19)9-10-28-24)29-25(31)20-7-6-18(14-23(20)27)30-15-34-11-12-35(30,32)33/h1-10,13-14H,11-12,15H2,(H,29,31). The van der Waals surface area contributed by atoms with Gasteiger partial charge in [-0.05, 0) is 47.9 Å². The van der Waals surface area contributed by atoms with Gasteiger partial charge in [-0.15, -0.1) is 0 Å². The lowest BCUT2D eigenvalue weighted by molar-refractivity contribution is 0.102. The van der Waals surface area contributed by atoms with Crippen LogP contribution in [0.25, 0.3) is 22.0 Å². The summed E-state index contributed by atoms with van der Waals surface area (Å²) >= 11 is 12.9. The van der Waals surface area contributed by atoms with E-state index in [2.05, 4.69) is 10.3 Å². The number of nitrogens with zero attached hydrogens (tertiary/aromatic N) is 2. The molecule has 1 aliphatic heterocycles. The molecule has 10 heteroatoms. The Morgan fingerprint density at radius 3 is 2.63 bits per heavy atom. The molecule has 5 rings (SSSR count). The van der Waals surface area contributed by atoms with Gasteiger partial charge in [0.15, 0.2) is 0 Å². The third-order valence-corrected chi connectivity index (χ3v) is 7.98. The number of fused-ring (bicyclic) bond motifs is 1. The minimum Gasteiger partial charge on any atom is -0.359 e. The molecule has 0 bridgehead atoms. The Morgan fingerprint density at radius 2 is 1.83 bits per heavy atom. The molecule has 1 aromatic heterocycles. The number of pyridine rings is 1. The number of anilines is 2. The SMILES string of the molecule is O=C(Nc1ccc(Cl)c(-c2nccc3ccccc23)c1)c1ccc(N2COCCS2(=O)=O)cc1Cl. The van der Waals surface area contributed by atoms with Crippen molar-refractivity contribution in [2.75, 3.05) is 28.7 Å². The van der Waals surface area contributed by atoms with Gasteiger partial charge in [-0.1, -0.05) is 47.5 Å². The number of amides is 1. The van der Waals surface area contributed by atoms with Crippen LogP contribution < -0.4 is 9.62 Å². The molecule has 0 atom stereocenters. The Kier molecular flexibility index (Phi) is 6.37. The lowest BCUT2D eigenvalue weighted by Gasteiger charge is -2.28. The van der Waals surface area contributed by atoms with Crippen LogP contribution in [0.1, 0.15) is 10.4 Å². The lowest BCUT2D eigenvalue weighted by Crippen LogP contribution is -2.41. The number of carbonyl (C=O) groups is 1. The highest BCUT2D eigenvalue weighted by atomic mass is 35.5. The van der Waals surface area contributed by atoms with Gasteiger partial charge in [0.1, 0.15) is 6.73 Å². The summed E-state index contributed by atoms with van der Waals surface area (Å²) in [4.78, 5) is 17.5. The van der Waals surface area contributed by atoms with E-state index in [1.807, 2.05) is 30.3 Å². The van der Waals surface area contributed by atoms with Crippen LogP contribution in [0.2, 0.25) is 10.0 Å². The molecule has 1 aliphatic rings. The summed E-state index contributed by atoms with van der Waals surface area (Å²) in [6.45, 7) is 0.0460. The van der Waals surface area contributed by atoms with Gasteiger partial charge in [-0.25, -0.2) is 12.7 Å². The number of sulfonamides is 1. The molecular weight excluding hydrogens is 509 g/mol. The molecule has 2 heterocycles. The maximum atomic E-state index is 13.0. The van der Waals surface area contributed by atoms with Gasteiger partial charge in [0.2, 0.25) is 10.0 Å². The highest BCUT2D eigenvalue weighted by Crippen LogP contribution is 2.34. The minimum atomic E-state index is -3.50. The topological polar surface area (TPSA) is 88.6 Å². The number of hydrogen-bond acceptors (Lipinski definition) is 5. The average Bonchev–Trinajstić information content (AvgIpc) is 2.84. The first-order chi connectivity index (χ1) is 16.8. The predicted molar refractivity (Wildman–Crippen MR) is 139 cm³/mol. The summed E-state index contributed by atoms with van der Waals surface area (Å²) in [7, 11) is -3.50. The van der Waals surface area contributed by atoms with Crippen LogP contribution in [-0.4, -0.2) is 38.4 Å². The molecule has 1 saturated heterocycles. The number of halogens is 2. The van der Waals surface area contributed by atoms with Crippen LogP contribution in [-0.2, 0) is 14.8 Å². The molecule has 0 aliphatic carbocycles. The summed E-state index contributed by atoms with van der Waals surface area (Å²) in [5.74, 6) is -0.560.